The van der Waals surface area contributed by atoms with Crippen LogP contribution in [-0.2, 0) is 6.54 Å². The molecule has 1 aromatic rings. The largest absolute Gasteiger partial charge is 0.370 e. The van der Waals surface area contributed by atoms with Gasteiger partial charge in [0.05, 0.1) is 12.2 Å². The number of aromatic nitrogens is 2. The quantitative estimate of drug-likeness (QED) is 0.269. The maximum absolute atomic E-state index is 10.7. The standard InChI is InChI=1S/C6H11N7O/c7-4(8)13-5(9)10-1-3-2-11-6(14)12-3/h2H,1H2,(H2,11,12,14)(H6,7,8,9,10,13). The minimum absolute atomic E-state index is 0.0351. The van der Waals surface area contributed by atoms with Crippen molar-refractivity contribution in [2.24, 2.45) is 27.2 Å². The fourth-order valence-corrected chi connectivity index (χ4v) is 0.790. The van der Waals surface area contributed by atoms with Gasteiger partial charge in [-0.05, 0) is 0 Å². The fourth-order valence-electron chi connectivity index (χ4n) is 0.790. The molecule has 0 saturated carbocycles. The zero-order valence-electron chi connectivity index (χ0n) is 7.32. The summed E-state index contributed by atoms with van der Waals surface area (Å²) >= 11 is 0. The van der Waals surface area contributed by atoms with E-state index in [4.69, 9.17) is 17.2 Å². The highest BCUT2D eigenvalue weighted by Crippen LogP contribution is 1.90. The lowest BCUT2D eigenvalue weighted by atomic mass is 10.5. The Labute approximate surface area is 78.9 Å². The molecule has 1 heterocycles. The van der Waals surface area contributed by atoms with E-state index in [-0.39, 0.29) is 24.2 Å². The molecule has 14 heavy (non-hydrogen) atoms. The van der Waals surface area contributed by atoms with Gasteiger partial charge in [0.15, 0.2) is 5.96 Å². The van der Waals surface area contributed by atoms with Gasteiger partial charge in [-0.25, -0.2) is 9.79 Å². The molecule has 0 bridgehead atoms. The molecule has 0 aromatic carbocycles. The molecule has 0 atom stereocenters. The molecule has 0 radical (unpaired) electrons. The smallest absolute Gasteiger partial charge is 0.323 e. The van der Waals surface area contributed by atoms with Gasteiger partial charge >= 0.3 is 5.69 Å². The molecular formula is C6H11N7O. The van der Waals surface area contributed by atoms with Crippen molar-refractivity contribution in [1.29, 1.82) is 0 Å². The molecule has 76 valence electrons. The average Bonchev–Trinajstić information content (AvgIpc) is 2.47. The van der Waals surface area contributed by atoms with Crippen molar-refractivity contribution >= 4 is 11.9 Å². The Bertz CT molecular complexity index is 408. The number of H-pyrrole nitrogens is 2. The molecule has 0 spiro atoms. The third-order valence-electron chi connectivity index (χ3n) is 1.31. The van der Waals surface area contributed by atoms with E-state index in [2.05, 4.69) is 20.0 Å². The van der Waals surface area contributed by atoms with Crippen LogP contribution in [0.15, 0.2) is 21.0 Å². The summed E-state index contributed by atoms with van der Waals surface area (Å²) in [5.41, 5.74) is 15.8. The van der Waals surface area contributed by atoms with Crippen molar-refractivity contribution < 1.29 is 0 Å². The zero-order valence-corrected chi connectivity index (χ0v) is 7.32. The van der Waals surface area contributed by atoms with Crippen LogP contribution in [0.5, 0.6) is 0 Å². The molecule has 8 N–H and O–H groups in total. The van der Waals surface area contributed by atoms with Crippen molar-refractivity contribution in [3.63, 3.8) is 0 Å². The highest BCUT2D eigenvalue weighted by Gasteiger charge is 1.94. The number of hydrogen-bond acceptors (Lipinski definition) is 2. The number of aromatic amines is 2. The molecule has 0 amide bonds. The van der Waals surface area contributed by atoms with E-state index in [0.717, 1.165) is 0 Å². The first-order valence-corrected chi connectivity index (χ1v) is 3.74. The summed E-state index contributed by atoms with van der Waals surface area (Å²) < 4.78 is 0. The summed E-state index contributed by atoms with van der Waals surface area (Å²) in [5.74, 6) is -0.194. The van der Waals surface area contributed by atoms with Crippen molar-refractivity contribution in [1.82, 2.24) is 9.97 Å². The van der Waals surface area contributed by atoms with Crippen molar-refractivity contribution in [2.45, 2.75) is 6.54 Å². The second-order valence-electron chi connectivity index (χ2n) is 2.48. The Kier molecular flexibility index (Phi) is 2.89. The lowest BCUT2D eigenvalue weighted by Crippen LogP contribution is -2.26. The van der Waals surface area contributed by atoms with Crippen LogP contribution in [0.25, 0.3) is 0 Å². The molecule has 0 fully saturated rings. The van der Waals surface area contributed by atoms with Crippen LogP contribution < -0.4 is 22.9 Å². The summed E-state index contributed by atoms with van der Waals surface area (Å²) in [7, 11) is 0. The van der Waals surface area contributed by atoms with Crippen molar-refractivity contribution in [3.05, 3.63) is 22.4 Å². The Balaban J connectivity index is 2.63. The van der Waals surface area contributed by atoms with Crippen LogP contribution >= 0.6 is 0 Å². The van der Waals surface area contributed by atoms with Crippen molar-refractivity contribution in [3.8, 4) is 0 Å². The number of nitrogens with zero attached hydrogens (tertiary/aromatic N) is 2. The molecule has 0 unspecified atom stereocenters. The first-order valence-electron chi connectivity index (χ1n) is 3.74. The van der Waals surface area contributed by atoms with Gasteiger partial charge < -0.3 is 27.2 Å². The SMILES string of the molecule is NC(N)=NC(N)=NCc1c[nH]c(=O)[nH]1. The summed E-state index contributed by atoms with van der Waals surface area (Å²) in [4.78, 5) is 22.9. The highest BCUT2D eigenvalue weighted by atomic mass is 16.1. The van der Waals surface area contributed by atoms with E-state index >= 15 is 0 Å². The summed E-state index contributed by atoms with van der Waals surface area (Å²) in [5, 5.41) is 0. The Morgan fingerprint density at radius 3 is 2.64 bits per heavy atom. The third kappa shape index (κ3) is 3.01. The molecule has 1 aromatic heterocycles. The van der Waals surface area contributed by atoms with Gasteiger partial charge in [0.1, 0.15) is 0 Å². The zero-order chi connectivity index (χ0) is 10.6. The Hall–Kier alpha value is -2.25. The van der Waals surface area contributed by atoms with Crippen LogP contribution in [0.1, 0.15) is 5.69 Å². The first kappa shape index (κ1) is 9.84. The van der Waals surface area contributed by atoms with E-state index in [1.165, 1.54) is 6.20 Å². The maximum Gasteiger partial charge on any atom is 0.323 e. The molecule has 8 heteroatoms. The number of hydrogen-bond donors (Lipinski definition) is 5. The highest BCUT2D eigenvalue weighted by molar-refractivity contribution is 5.92. The van der Waals surface area contributed by atoms with Gasteiger partial charge in [-0.3, -0.25) is 0 Å². The Morgan fingerprint density at radius 1 is 1.43 bits per heavy atom. The van der Waals surface area contributed by atoms with Gasteiger partial charge in [-0.2, -0.15) is 4.99 Å². The molecular weight excluding hydrogens is 186 g/mol. The van der Waals surface area contributed by atoms with E-state index in [1.807, 2.05) is 0 Å². The lowest BCUT2D eigenvalue weighted by molar-refractivity contribution is 0.991. The molecule has 1 rings (SSSR count). The summed E-state index contributed by atoms with van der Waals surface area (Å²) in [6, 6.07) is 0. The normalized spacial score (nSPS) is 11.3. The third-order valence-corrected chi connectivity index (χ3v) is 1.31. The monoisotopic (exact) mass is 197 g/mol. The second-order valence-corrected chi connectivity index (χ2v) is 2.48. The molecule has 0 aliphatic rings. The minimum atomic E-state index is -0.296. The number of imidazole rings is 1. The minimum Gasteiger partial charge on any atom is -0.370 e. The van der Waals surface area contributed by atoms with Gasteiger partial charge in [0.2, 0.25) is 5.96 Å². The predicted molar refractivity (Wildman–Crippen MR) is 52.5 cm³/mol. The molecule has 0 saturated heterocycles. The second kappa shape index (κ2) is 4.12. The topological polar surface area (TPSA) is 151 Å². The Morgan fingerprint density at radius 2 is 2.14 bits per heavy atom. The summed E-state index contributed by atoms with van der Waals surface area (Å²) in [6.45, 7) is 0.210. The number of rotatable bonds is 2. The predicted octanol–water partition coefficient (Wildman–Crippen LogP) is -2.21. The molecule has 0 aliphatic carbocycles. The van der Waals surface area contributed by atoms with Crippen LogP contribution in [-0.4, -0.2) is 21.9 Å². The molecule has 0 aliphatic heterocycles. The van der Waals surface area contributed by atoms with Gasteiger partial charge in [0.25, 0.3) is 0 Å². The average molecular weight is 197 g/mol. The van der Waals surface area contributed by atoms with Gasteiger partial charge in [-0.1, -0.05) is 0 Å². The lowest BCUT2D eigenvalue weighted by Gasteiger charge is -1.93. The van der Waals surface area contributed by atoms with Crippen molar-refractivity contribution in [2.75, 3.05) is 0 Å². The number of nitrogens with two attached hydrogens (primary N) is 3. The van der Waals surface area contributed by atoms with E-state index in [1.54, 1.807) is 0 Å². The summed E-state index contributed by atoms with van der Waals surface area (Å²) in [6.07, 6.45) is 1.49. The number of nitrogens with one attached hydrogen (secondary N) is 2. The van der Waals surface area contributed by atoms with E-state index in [9.17, 15) is 4.79 Å². The number of guanidine groups is 2. The van der Waals surface area contributed by atoms with Crippen LogP contribution in [0.2, 0.25) is 0 Å². The van der Waals surface area contributed by atoms with Crippen LogP contribution in [0.3, 0.4) is 0 Å². The maximum atomic E-state index is 10.7. The molecule has 8 nitrogen and oxygen atoms in total. The van der Waals surface area contributed by atoms with E-state index in [0.29, 0.717) is 5.69 Å². The number of aliphatic imine (C=N–C) groups is 2. The van der Waals surface area contributed by atoms with Gasteiger partial charge in [-0.15, -0.1) is 0 Å². The van der Waals surface area contributed by atoms with E-state index < -0.39 is 0 Å². The first-order chi connectivity index (χ1) is 6.58. The fraction of sp³-hybridized carbons (Fsp3) is 0.167. The van der Waals surface area contributed by atoms with Crippen LogP contribution in [0.4, 0.5) is 0 Å². The van der Waals surface area contributed by atoms with Crippen LogP contribution in [0, 0.1) is 0 Å². The van der Waals surface area contributed by atoms with Gasteiger partial charge in [0, 0.05) is 6.20 Å².